The molecule has 0 N–H and O–H groups in total. The molecule has 0 amide bonds. The second-order valence-corrected chi connectivity index (χ2v) is 11.6. The zero-order valence-corrected chi connectivity index (χ0v) is 21.9. The summed E-state index contributed by atoms with van der Waals surface area (Å²) in [6.45, 7) is 1.22. The summed E-state index contributed by atoms with van der Waals surface area (Å²) in [5.74, 6) is -0.346. The summed E-state index contributed by atoms with van der Waals surface area (Å²) in [7, 11) is -3.62. The van der Waals surface area contributed by atoms with Gasteiger partial charge in [-0.2, -0.15) is 14.1 Å². The first-order valence-corrected chi connectivity index (χ1v) is 14.3. The Labute approximate surface area is 225 Å². The number of hydrogen-bond acceptors (Lipinski definition) is 6. The van der Waals surface area contributed by atoms with Gasteiger partial charge in [0, 0.05) is 39.0 Å². The van der Waals surface area contributed by atoms with Crippen molar-refractivity contribution in [3.8, 4) is 11.4 Å². The molecule has 6 rings (SSSR count). The number of halogens is 1. The Hall–Kier alpha value is -4.02. The van der Waals surface area contributed by atoms with Gasteiger partial charge in [0.15, 0.2) is 0 Å². The highest BCUT2D eigenvalue weighted by molar-refractivity contribution is 7.89. The van der Waals surface area contributed by atoms with Crippen molar-refractivity contribution >= 4 is 15.7 Å². The van der Waals surface area contributed by atoms with Gasteiger partial charge in [-0.15, -0.1) is 0 Å². The van der Waals surface area contributed by atoms with Crippen LogP contribution in [0.1, 0.15) is 11.1 Å². The lowest BCUT2D eigenvalue weighted by atomic mass is 10.1. The molecule has 2 heterocycles. The number of aromatic nitrogens is 2. The summed E-state index contributed by atoms with van der Waals surface area (Å²) in [6, 6.07) is 22.1. The molecule has 1 aliphatic heterocycles. The van der Waals surface area contributed by atoms with Crippen LogP contribution in [0.15, 0.2) is 94.7 Å². The van der Waals surface area contributed by atoms with Gasteiger partial charge in [0.25, 0.3) is 0 Å². The molecule has 0 saturated carbocycles. The molecule has 1 aliphatic carbocycles. The van der Waals surface area contributed by atoms with Gasteiger partial charge >= 0.3 is 5.56 Å². The molecule has 0 atom stereocenters. The Morgan fingerprint density at radius 3 is 2.18 bits per heavy atom. The van der Waals surface area contributed by atoms with Crippen LogP contribution in [0.4, 0.5) is 10.1 Å². The van der Waals surface area contributed by atoms with Gasteiger partial charge in [-0.25, -0.2) is 12.8 Å². The fraction of sp³-hybridized carbons (Fsp3) is 0.241. The smallest absolute Gasteiger partial charge is 0.316 e. The Morgan fingerprint density at radius 1 is 0.846 bits per heavy atom. The van der Waals surface area contributed by atoms with Gasteiger partial charge in [-0.3, -0.25) is 4.79 Å². The molecule has 10 heteroatoms. The lowest BCUT2D eigenvalue weighted by molar-refractivity contribution is 0.209. The first kappa shape index (κ1) is 25.3. The quantitative estimate of drug-likeness (QED) is 0.369. The average molecular weight is 547 g/mol. The van der Waals surface area contributed by atoms with Crippen LogP contribution < -0.4 is 15.2 Å². The fourth-order valence-electron chi connectivity index (χ4n) is 5.24. The Balaban J connectivity index is 1.30. The fourth-order valence-corrected chi connectivity index (χ4v) is 6.68. The Morgan fingerprint density at radius 2 is 1.51 bits per heavy atom. The maximum absolute atomic E-state index is 14.0. The first-order chi connectivity index (χ1) is 18.9. The summed E-state index contributed by atoms with van der Waals surface area (Å²) >= 11 is 0. The third kappa shape index (κ3) is 4.93. The number of hydrogen-bond donors (Lipinski definition) is 0. The van der Waals surface area contributed by atoms with E-state index in [1.54, 1.807) is 42.6 Å². The molecule has 1 fully saturated rings. The van der Waals surface area contributed by atoms with E-state index in [-0.39, 0.29) is 29.8 Å². The summed E-state index contributed by atoms with van der Waals surface area (Å²) in [6.07, 6.45) is 2.64. The minimum atomic E-state index is -3.62. The Kier molecular flexibility index (Phi) is 6.66. The minimum absolute atomic E-state index is 0.131. The maximum Gasteiger partial charge on any atom is 0.316 e. The SMILES string of the molecule is O=c1c(OC2Cc3ccccc3C2)c(N2CCN(S(=O)(=O)c3ccccc3)CC2)cnn1-c1cccc(F)c1. The summed E-state index contributed by atoms with van der Waals surface area (Å²) in [5.41, 5.74) is 2.67. The van der Waals surface area contributed by atoms with Crippen molar-refractivity contribution in [2.45, 2.75) is 23.8 Å². The van der Waals surface area contributed by atoms with Crippen molar-refractivity contribution in [1.29, 1.82) is 0 Å². The number of fused-ring (bicyclic) bond motifs is 1. The second kappa shape index (κ2) is 10.3. The predicted octanol–water partition coefficient (Wildman–Crippen LogP) is 3.43. The van der Waals surface area contributed by atoms with Crippen LogP contribution in [0.5, 0.6) is 5.75 Å². The number of piperazine rings is 1. The van der Waals surface area contributed by atoms with E-state index in [9.17, 15) is 17.6 Å². The monoisotopic (exact) mass is 546 g/mol. The van der Waals surface area contributed by atoms with Gasteiger partial charge in [0.2, 0.25) is 15.8 Å². The molecule has 1 aromatic heterocycles. The molecule has 0 radical (unpaired) electrons. The van der Waals surface area contributed by atoms with E-state index in [4.69, 9.17) is 4.74 Å². The van der Waals surface area contributed by atoms with E-state index in [2.05, 4.69) is 17.2 Å². The van der Waals surface area contributed by atoms with E-state index in [0.717, 1.165) is 4.68 Å². The lowest BCUT2D eigenvalue weighted by Gasteiger charge is -2.36. The third-order valence-corrected chi connectivity index (χ3v) is 9.14. The lowest BCUT2D eigenvalue weighted by Crippen LogP contribution is -2.49. The van der Waals surface area contributed by atoms with Crippen molar-refractivity contribution < 1.29 is 17.5 Å². The molecule has 39 heavy (non-hydrogen) atoms. The molecule has 1 saturated heterocycles. The van der Waals surface area contributed by atoms with Gasteiger partial charge in [-0.1, -0.05) is 48.5 Å². The third-order valence-electron chi connectivity index (χ3n) is 7.23. The van der Waals surface area contributed by atoms with Crippen molar-refractivity contribution in [3.63, 3.8) is 0 Å². The van der Waals surface area contributed by atoms with Crippen molar-refractivity contribution in [2.24, 2.45) is 0 Å². The second-order valence-electron chi connectivity index (χ2n) is 9.68. The van der Waals surface area contributed by atoms with Crippen LogP contribution in [0.25, 0.3) is 5.69 Å². The molecule has 0 bridgehead atoms. The number of ether oxygens (including phenoxy) is 1. The van der Waals surface area contributed by atoms with E-state index in [0.29, 0.717) is 37.3 Å². The minimum Gasteiger partial charge on any atom is -0.482 e. The van der Waals surface area contributed by atoms with Crippen LogP contribution >= 0.6 is 0 Å². The number of rotatable bonds is 6. The largest absolute Gasteiger partial charge is 0.482 e. The summed E-state index contributed by atoms with van der Waals surface area (Å²) < 4.78 is 49.1. The number of nitrogens with zero attached hydrogens (tertiary/aromatic N) is 4. The standard InChI is InChI=1S/C29H27FN4O4S/c30-23-9-6-10-24(19-23)34-29(35)28(38-25-17-21-7-4-5-8-22(21)18-25)27(20-31-34)32-13-15-33(16-14-32)39(36,37)26-11-2-1-3-12-26/h1-12,19-20,25H,13-18H2. The number of anilines is 1. The van der Waals surface area contributed by atoms with Crippen LogP contribution in [-0.2, 0) is 22.9 Å². The summed E-state index contributed by atoms with van der Waals surface area (Å²) in [5, 5.41) is 4.34. The van der Waals surface area contributed by atoms with Gasteiger partial charge in [0.05, 0.1) is 16.8 Å². The molecule has 200 valence electrons. The number of benzene rings is 3. The van der Waals surface area contributed by atoms with Crippen LogP contribution in [0, 0.1) is 5.82 Å². The molecule has 0 unspecified atom stereocenters. The number of sulfonamides is 1. The summed E-state index contributed by atoms with van der Waals surface area (Å²) in [4.78, 5) is 15.9. The van der Waals surface area contributed by atoms with Crippen LogP contribution in [0.2, 0.25) is 0 Å². The van der Waals surface area contributed by atoms with Crippen LogP contribution in [0.3, 0.4) is 0 Å². The van der Waals surface area contributed by atoms with Gasteiger partial charge in [0.1, 0.15) is 17.6 Å². The van der Waals surface area contributed by atoms with E-state index in [1.807, 2.05) is 17.0 Å². The topological polar surface area (TPSA) is 84.7 Å². The van der Waals surface area contributed by atoms with Crippen molar-refractivity contribution in [2.75, 3.05) is 31.1 Å². The molecule has 0 spiro atoms. The first-order valence-electron chi connectivity index (χ1n) is 12.8. The van der Waals surface area contributed by atoms with E-state index in [1.165, 1.54) is 33.6 Å². The molecule has 2 aliphatic rings. The highest BCUT2D eigenvalue weighted by Gasteiger charge is 2.32. The molecule has 8 nitrogen and oxygen atoms in total. The molecular weight excluding hydrogens is 519 g/mol. The van der Waals surface area contributed by atoms with E-state index < -0.39 is 21.4 Å². The zero-order valence-electron chi connectivity index (χ0n) is 21.1. The average Bonchev–Trinajstić information content (AvgIpc) is 3.37. The highest BCUT2D eigenvalue weighted by atomic mass is 32.2. The molecular formula is C29H27FN4O4S. The van der Waals surface area contributed by atoms with E-state index >= 15 is 0 Å². The molecule has 4 aromatic rings. The maximum atomic E-state index is 14.0. The highest BCUT2D eigenvalue weighted by Crippen LogP contribution is 2.31. The predicted molar refractivity (Wildman–Crippen MR) is 145 cm³/mol. The van der Waals surface area contributed by atoms with Crippen LogP contribution in [-0.4, -0.2) is 54.8 Å². The normalized spacial score (nSPS) is 16.3. The Bertz CT molecular complexity index is 1640. The van der Waals surface area contributed by atoms with Crippen molar-refractivity contribution in [1.82, 2.24) is 14.1 Å². The van der Waals surface area contributed by atoms with Gasteiger partial charge in [-0.05, 0) is 41.5 Å². The molecule has 3 aromatic carbocycles. The van der Waals surface area contributed by atoms with Crippen molar-refractivity contribution in [3.05, 3.63) is 112 Å². The van der Waals surface area contributed by atoms with Gasteiger partial charge < -0.3 is 9.64 Å². The zero-order chi connectivity index (χ0) is 27.0.